The molecule has 0 saturated heterocycles. The highest BCUT2D eigenvalue weighted by atomic mass is 19.4. The van der Waals surface area contributed by atoms with Crippen molar-refractivity contribution in [2.75, 3.05) is 26.6 Å². The SMILES string of the molecule is COc1cccc(Nc2nc(C(F)(F)F)nc3cc(OC)c(OC)cc23)c1. The molecule has 0 fully saturated rings. The second-order valence-electron chi connectivity index (χ2n) is 5.47. The molecule has 0 unspecified atom stereocenters. The molecule has 1 heterocycles. The monoisotopic (exact) mass is 379 g/mol. The lowest BCUT2D eigenvalue weighted by atomic mass is 10.2. The lowest BCUT2D eigenvalue weighted by Gasteiger charge is -2.15. The smallest absolute Gasteiger partial charge is 0.451 e. The summed E-state index contributed by atoms with van der Waals surface area (Å²) in [5.74, 6) is -0.103. The summed E-state index contributed by atoms with van der Waals surface area (Å²) in [5, 5.41) is 3.25. The van der Waals surface area contributed by atoms with Crippen molar-refractivity contribution < 1.29 is 27.4 Å². The zero-order chi connectivity index (χ0) is 19.6. The summed E-state index contributed by atoms with van der Waals surface area (Å²) in [7, 11) is 4.33. The highest BCUT2D eigenvalue weighted by Gasteiger charge is 2.35. The number of nitrogens with zero attached hydrogens (tertiary/aromatic N) is 2. The molecular weight excluding hydrogens is 363 g/mol. The van der Waals surface area contributed by atoms with E-state index >= 15 is 0 Å². The van der Waals surface area contributed by atoms with E-state index in [1.54, 1.807) is 24.3 Å². The molecule has 0 aliphatic rings. The number of methoxy groups -OCH3 is 3. The van der Waals surface area contributed by atoms with Crippen molar-refractivity contribution in [1.82, 2.24) is 9.97 Å². The predicted molar refractivity (Wildman–Crippen MR) is 93.9 cm³/mol. The molecule has 0 radical (unpaired) electrons. The Morgan fingerprint density at radius 1 is 0.889 bits per heavy atom. The van der Waals surface area contributed by atoms with Crippen LogP contribution in [0, 0.1) is 0 Å². The molecule has 1 N–H and O–H groups in total. The van der Waals surface area contributed by atoms with Crippen LogP contribution < -0.4 is 19.5 Å². The summed E-state index contributed by atoms with van der Waals surface area (Å²) >= 11 is 0. The molecule has 0 spiro atoms. The van der Waals surface area contributed by atoms with Gasteiger partial charge >= 0.3 is 6.18 Å². The Kier molecular flexibility index (Phi) is 4.93. The average Bonchev–Trinajstić information content (AvgIpc) is 2.66. The third-order valence-corrected chi connectivity index (χ3v) is 3.79. The summed E-state index contributed by atoms with van der Waals surface area (Å²) < 4.78 is 55.3. The van der Waals surface area contributed by atoms with Gasteiger partial charge in [-0.15, -0.1) is 0 Å². The number of benzene rings is 2. The van der Waals surface area contributed by atoms with Crippen LogP contribution in [0.15, 0.2) is 36.4 Å². The number of alkyl halides is 3. The van der Waals surface area contributed by atoms with Gasteiger partial charge in [-0.25, -0.2) is 9.97 Å². The van der Waals surface area contributed by atoms with Crippen molar-refractivity contribution >= 4 is 22.4 Å². The van der Waals surface area contributed by atoms with E-state index in [1.165, 1.54) is 33.5 Å². The topological polar surface area (TPSA) is 65.5 Å². The second-order valence-corrected chi connectivity index (χ2v) is 5.47. The Hall–Kier alpha value is -3.23. The van der Waals surface area contributed by atoms with E-state index < -0.39 is 12.0 Å². The van der Waals surface area contributed by atoms with Gasteiger partial charge in [0.1, 0.15) is 11.6 Å². The Labute approximate surface area is 152 Å². The number of rotatable bonds is 5. The first kappa shape index (κ1) is 18.6. The molecule has 3 aromatic rings. The maximum Gasteiger partial charge on any atom is 0.451 e. The van der Waals surface area contributed by atoms with Crippen LogP contribution in [-0.2, 0) is 6.18 Å². The zero-order valence-electron chi connectivity index (χ0n) is 14.7. The lowest BCUT2D eigenvalue weighted by Crippen LogP contribution is -2.13. The number of hydrogen-bond acceptors (Lipinski definition) is 6. The van der Waals surface area contributed by atoms with Crippen molar-refractivity contribution in [3.63, 3.8) is 0 Å². The van der Waals surface area contributed by atoms with Crippen molar-refractivity contribution in [2.24, 2.45) is 0 Å². The Balaban J connectivity index is 2.20. The normalized spacial score (nSPS) is 11.3. The molecule has 9 heteroatoms. The third-order valence-electron chi connectivity index (χ3n) is 3.79. The largest absolute Gasteiger partial charge is 0.497 e. The molecular formula is C18H16F3N3O3. The van der Waals surface area contributed by atoms with Gasteiger partial charge in [-0.05, 0) is 18.2 Å². The Bertz CT molecular complexity index is 977. The summed E-state index contributed by atoms with van der Waals surface area (Å²) in [6.07, 6.45) is -4.70. The van der Waals surface area contributed by atoms with E-state index in [-0.39, 0.29) is 17.1 Å². The van der Waals surface area contributed by atoms with E-state index in [2.05, 4.69) is 15.3 Å². The molecule has 3 rings (SSSR count). The molecule has 1 aromatic heterocycles. The quantitative estimate of drug-likeness (QED) is 0.708. The highest BCUT2D eigenvalue weighted by Crippen LogP contribution is 2.37. The van der Waals surface area contributed by atoms with Crippen LogP contribution in [0.2, 0.25) is 0 Å². The van der Waals surface area contributed by atoms with Crippen LogP contribution in [0.25, 0.3) is 10.9 Å². The first-order valence-corrected chi connectivity index (χ1v) is 7.77. The molecule has 0 aliphatic heterocycles. The first-order valence-electron chi connectivity index (χ1n) is 7.77. The minimum Gasteiger partial charge on any atom is -0.497 e. The fourth-order valence-corrected chi connectivity index (χ4v) is 2.52. The predicted octanol–water partition coefficient (Wildman–Crippen LogP) is 4.42. The van der Waals surface area contributed by atoms with Gasteiger partial charge in [0.2, 0.25) is 5.82 Å². The Morgan fingerprint density at radius 2 is 1.59 bits per heavy atom. The summed E-state index contributed by atoms with van der Waals surface area (Å²) in [4.78, 5) is 7.30. The second kappa shape index (κ2) is 7.18. The maximum atomic E-state index is 13.3. The number of nitrogens with one attached hydrogen (secondary N) is 1. The standard InChI is InChI=1S/C18H16F3N3O3/c1-25-11-6-4-5-10(7-11)22-16-12-8-14(26-2)15(27-3)9-13(12)23-17(24-16)18(19,20)21/h4-9H,1-3H3,(H,22,23,24). The summed E-state index contributed by atoms with van der Waals surface area (Å²) in [5.41, 5.74) is 0.581. The molecule has 0 amide bonds. The summed E-state index contributed by atoms with van der Waals surface area (Å²) in [6.45, 7) is 0. The Morgan fingerprint density at radius 3 is 2.22 bits per heavy atom. The molecule has 27 heavy (non-hydrogen) atoms. The van der Waals surface area contributed by atoms with Gasteiger partial charge in [0.25, 0.3) is 0 Å². The molecule has 0 bridgehead atoms. The number of hydrogen-bond donors (Lipinski definition) is 1. The van der Waals surface area contributed by atoms with Gasteiger partial charge in [-0.2, -0.15) is 13.2 Å². The van der Waals surface area contributed by atoms with Gasteiger partial charge in [-0.1, -0.05) is 6.07 Å². The van der Waals surface area contributed by atoms with Crippen molar-refractivity contribution in [2.45, 2.75) is 6.18 Å². The fourth-order valence-electron chi connectivity index (χ4n) is 2.52. The van der Waals surface area contributed by atoms with Crippen molar-refractivity contribution in [3.05, 3.63) is 42.2 Å². The molecule has 0 atom stereocenters. The van der Waals surface area contributed by atoms with Crippen LogP contribution in [-0.4, -0.2) is 31.3 Å². The molecule has 142 valence electrons. The van der Waals surface area contributed by atoms with Crippen LogP contribution >= 0.6 is 0 Å². The average molecular weight is 379 g/mol. The fraction of sp³-hybridized carbons (Fsp3) is 0.222. The number of aromatic nitrogens is 2. The van der Waals surface area contributed by atoms with Crippen LogP contribution in [0.4, 0.5) is 24.7 Å². The first-order chi connectivity index (χ1) is 12.9. The third kappa shape index (κ3) is 3.81. The van der Waals surface area contributed by atoms with Crippen LogP contribution in [0.1, 0.15) is 5.82 Å². The van der Waals surface area contributed by atoms with Crippen molar-refractivity contribution in [1.29, 1.82) is 0 Å². The lowest BCUT2D eigenvalue weighted by molar-refractivity contribution is -0.144. The van der Waals surface area contributed by atoms with E-state index in [4.69, 9.17) is 14.2 Å². The van der Waals surface area contributed by atoms with Gasteiger partial charge < -0.3 is 19.5 Å². The zero-order valence-corrected chi connectivity index (χ0v) is 14.7. The van der Waals surface area contributed by atoms with E-state index in [9.17, 15) is 13.2 Å². The molecule has 0 aliphatic carbocycles. The van der Waals surface area contributed by atoms with Crippen LogP contribution in [0.3, 0.4) is 0 Å². The van der Waals surface area contributed by atoms with E-state index in [1.807, 2.05) is 0 Å². The highest BCUT2D eigenvalue weighted by molar-refractivity contribution is 5.93. The van der Waals surface area contributed by atoms with Gasteiger partial charge in [0, 0.05) is 23.2 Å². The number of anilines is 2. The van der Waals surface area contributed by atoms with Crippen molar-refractivity contribution in [3.8, 4) is 17.2 Å². The van der Waals surface area contributed by atoms with Gasteiger partial charge in [0.05, 0.1) is 26.8 Å². The molecule has 0 saturated carbocycles. The van der Waals surface area contributed by atoms with E-state index in [0.29, 0.717) is 22.6 Å². The van der Waals surface area contributed by atoms with Crippen LogP contribution in [0.5, 0.6) is 17.2 Å². The number of fused-ring (bicyclic) bond motifs is 1. The minimum absolute atomic E-state index is 0.0125. The maximum absolute atomic E-state index is 13.3. The molecule has 2 aromatic carbocycles. The summed E-state index contributed by atoms with van der Waals surface area (Å²) in [6, 6.07) is 9.65. The van der Waals surface area contributed by atoms with Gasteiger partial charge in [-0.3, -0.25) is 0 Å². The van der Waals surface area contributed by atoms with E-state index in [0.717, 1.165) is 0 Å². The minimum atomic E-state index is -4.70. The molecule has 6 nitrogen and oxygen atoms in total. The van der Waals surface area contributed by atoms with Gasteiger partial charge in [0.15, 0.2) is 11.5 Å². The number of ether oxygens (including phenoxy) is 3. The number of halogens is 3.